The summed E-state index contributed by atoms with van der Waals surface area (Å²) in [5, 5.41) is 0. The van der Waals surface area contributed by atoms with Crippen molar-refractivity contribution in [2.45, 2.75) is 26.2 Å². The number of ether oxygens (including phenoxy) is 1. The fraction of sp³-hybridized carbons (Fsp3) is 0.357. The molecule has 0 radical (unpaired) electrons. The van der Waals surface area contributed by atoms with Crippen LogP contribution in [-0.2, 0) is 12.8 Å². The van der Waals surface area contributed by atoms with Crippen molar-refractivity contribution >= 4 is 0 Å². The topological polar surface area (TPSA) is 27.1 Å². The molecule has 3 rings (SSSR count). The van der Waals surface area contributed by atoms with Crippen molar-refractivity contribution in [3.63, 3.8) is 0 Å². The molecule has 0 N–H and O–H groups in total. The van der Waals surface area contributed by atoms with Gasteiger partial charge >= 0.3 is 0 Å². The SMILES string of the molecule is CCc1ccc2c(c1)OCCCc1cncn1-2. The minimum Gasteiger partial charge on any atom is -0.491 e. The van der Waals surface area contributed by atoms with Crippen LogP contribution < -0.4 is 4.74 Å². The summed E-state index contributed by atoms with van der Waals surface area (Å²) >= 11 is 0. The monoisotopic (exact) mass is 228 g/mol. The number of aromatic nitrogens is 2. The number of rotatable bonds is 1. The lowest BCUT2D eigenvalue weighted by Gasteiger charge is -2.18. The van der Waals surface area contributed by atoms with E-state index in [-0.39, 0.29) is 0 Å². The van der Waals surface area contributed by atoms with Crippen LogP contribution in [0.25, 0.3) is 5.69 Å². The van der Waals surface area contributed by atoms with Crippen LogP contribution in [0, 0.1) is 0 Å². The summed E-state index contributed by atoms with van der Waals surface area (Å²) in [6.45, 7) is 2.94. The highest BCUT2D eigenvalue weighted by Crippen LogP contribution is 2.28. The van der Waals surface area contributed by atoms with Crippen molar-refractivity contribution in [3.8, 4) is 11.4 Å². The van der Waals surface area contributed by atoms with Crippen LogP contribution in [0.2, 0.25) is 0 Å². The van der Waals surface area contributed by atoms with Gasteiger partial charge in [0.15, 0.2) is 0 Å². The van der Waals surface area contributed by atoms with Gasteiger partial charge in [-0.15, -0.1) is 0 Å². The van der Waals surface area contributed by atoms with Crippen LogP contribution in [0.3, 0.4) is 0 Å². The van der Waals surface area contributed by atoms with E-state index < -0.39 is 0 Å². The molecule has 0 saturated carbocycles. The summed E-state index contributed by atoms with van der Waals surface area (Å²) < 4.78 is 7.98. The zero-order chi connectivity index (χ0) is 11.7. The average molecular weight is 228 g/mol. The quantitative estimate of drug-likeness (QED) is 0.750. The van der Waals surface area contributed by atoms with Crippen LogP contribution in [-0.4, -0.2) is 16.2 Å². The molecule has 0 fully saturated rings. The highest BCUT2D eigenvalue weighted by molar-refractivity contribution is 5.50. The lowest BCUT2D eigenvalue weighted by molar-refractivity contribution is 0.304. The number of nitrogens with zero attached hydrogens (tertiary/aromatic N) is 2. The second-order valence-electron chi connectivity index (χ2n) is 4.36. The summed E-state index contributed by atoms with van der Waals surface area (Å²) in [4.78, 5) is 4.24. The summed E-state index contributed by atoms with van der Waals surface area (Å²) in [6.07, 6.45) is 6.92. The van der Waals surface area contributed by atoms with E-state index in [2.05, 4.69) is 34.7 Å². The molecule has 2 heterocycles. The van der Waals surface area contributed by atoms with Crippen molar-refractivity contribution < 1.29 is 4.74 Å². The predicted octanol–water partition coefficient (Wildman–Crippen LogP) is 2.76. The molecule has 1 aromatic carbocycles. The third-order valence-corrected chi connectivity index (χ3v) is 3.24. The summed E-state index contributed by atoms with van der Waals surface area (Å²) in [7, 11) is 0. The van der Waals surface area contributed by atoms with Gasteiger partial charge in [-0.1, -0.05) is 13.0 Å². The number of hydrogen-bond donors (Lipinski definition) is 0. The first-order valence-corrected chi connectivity index (χ1v) is 6.16. The second kappa shape index (κ2) is 4.24. The lowest BCUT2D eigenvalue weighted by atomic mass is 10.1. The fourth-order valence-corrected chi connectivity index (χ4v) is 2.25. The fourth-order valence-electron chi connectivity index (χ4n) is 2.25. The molecular weight excluding hydrogens is 212 g/mol. The minimum absolute atomic E-state index is 0.783. The number of aryl methyl sites for hydroxylation is 2. The van der Waals surface area contributed by atoms with Crippen LogP contribution >= 0.6 is 0 Å². The van der Waals surface area contributed by atoms with Crippen molar-refractivity contribution in [3.05, 3.63) is 42.0 Å². The van der Waals surface area contributed by atoms with Gasteiger partial charge in [0.05, 0.1) is 18.6 Å². The molecule has 1 aromatic heterocycles. The molecule has 3 nitrogen and oxygen atoms in total. The molecule has 1 aliphatic heterocycles. The Labute approximate surface area is 101 Å². The van der Waals surface area contributed by atoms with Crippen molar-refractivity contribution in [1.29, 1.82) is 0 Å². The summed E-state index contributed by atoms with van der Waals surface area (Å²) in [5.41, 5.74) is 3.68. The molecule has 0 unspecified atom stereocenters. The second-order valence-corrected chi connectivity index (χ2v) is 4.36. The van der Waals surface area contributed by atoms with Gasteiger partial charge in [-0.3, -0.25) is 4.57 Å². The Balaban J connectivity index is 2.15. The molecule has 2 aromatic rings. The van der Waals surface area contributed by atoms with Crippen molar-refractivity contribution in [2.75, 3.05) is 6.61 Å². The Morgan fingerprint density at radius 2 is 2.35 bits per heavy atom. The standard InChI is InChI=1S/C14H16N2O/c1-2-11-5-6-13-14(8-11)17-7-3-4-12-9-15-10-16(12)13/h5-6,8-10H,2-4,7H2,1H3. The zero-order valence-corrected chi connectivity index (χ0v) is 10.0. The maximum absolute atomic E-state index is 5.85. The normalized spacial score (nSPS) is 14.2. The minimum atomic E-state index is 0.783. The lowest BCUT2D eigenvalue weighted by Crippen LogP contribution is -2.10. The van der Waals surface area contributed by atoms with Gasteiger partial charge in [-0.25, -0.2) is 4.98 Å². The Bertz CT molecular complexity index is 531. The molecule has 0 atom stereocenters. The summed E-state index contributed by atoms with van der Waals surface area (Å²) in [5.74, 6) is 0.975. The van der Waals surface area contributed by atoms with E-state index in [1.807, 2.05) is 12.5 Å². The Morgan fingerprint density at radius 3 is 3.24 bits per heavy atom. The average Bonchev–Trinajstić information content (AvgIpc) is 2.79. The molecule has 0 amide bonds. The first kappa shape index (κ1) is 10.4. The first-order chi connectivity index (χ1) is 8.38. The zero-order valence-electron chi connectivity index (χ0n) is 10.0. The number of imidazole rings is 1. The molecule has 17 heavy (non-hydrogen) atoms. The van der Waals surface area contributed by atoms with Crippen LogP contribution in [0.15, 0.2) is 30.7 Å². The van der Waals surface area contributed by atoms with Gasteiger partial charge in [-0.05, 0) is 37.0 Å². The number of hydrogen-bond acceptors (Lipinski definition) is 2. The van der Waals surface area contributed by atoms with Gasteiger partial charge in [-0.2, -0.15) is 0 Å². The molecular formula is C14H16N2O. The maximum atomic E-state index is 5.85. The highest BCUT2D eigenvalue weighted by Gasteiger charge is 2.13. The third kappa shape index (κ3) is 1.82. The van der Waals surface area contributed by atoms with E-state index in [0.717, 1.165) is 37.3 Å². The molecule has 3 heteroatoms. The van der Waals surface area contributed by atoms with Gasteiger partial charge in [0.2, 0.25) is 0 Å². The Kier molecular flexibility index (Phi) is 2.59. The van der Waals surface area contributed by atoms with E-state index in [9.17, 15) is 0 Å². The molecule has 0 aliphatic carbocycles. The smallest absolute Gasteiger partial charge is 0.143 e. The van der Waals surface area contributed by atoms with Crippen LogP contribution in [0.5, 0.6) is 5.75 Å². The van der Waals surface area contributed by atoms with Gasteiger partial charge < -0.3 is 4.74 Å². The van der Waals surface area contributed by atoms with Gasteiger partial charge in [0, 0.05) is 11.9 Å². The molecule has 0 spiro atoms. The van der Waals surface area contributed by atoms with Gasteiger partial charge in [0.1, 0.15) is 5.75 Å². The third-order valence-electron chi connectivity index (χ3n) is 3.24. The van der Waals surface area contributed by atoms with Crippen LogP contribution in [0.4, 0.5) is 0 Å². The van der Waals surface area contributed by atoms with E-state index >= 15 is 0 Å². The maximum Gasteiger partial charge on any atom is 0.143 e. The highest BCUT2D eigenvalue weighted by atomic mass is 16.5. The van der Waals surface area contributed by atoms with E-state index in [1.54, 1.807) is 0 Å². The molecule has 0 saturated heterocycles. The van der Waals surface area contributed by atoms with Crippen molar-refractivity contribution in [1.82, 2.24) is 9.55 Å². The largest absolute Gasteiger partial charge is 0.491 e. The van der Waals surface area contributed by atoms with E-state index in [4.69, 9.17) is 4.74 Å². The number of benzene rings is 1. The Hall–Kier alpha value is -1.77. The van der Waals surface area contributed by atoms with Gasteiger partial charge in [0.25, 0.3) is 0 Å². The molecule has 88 valence electrons. The van der Waals surface area contributed by atoms with Crippen molar-refractivity contribution in [2.24, 2.45) is 0 Å². The Morgan fingerprint density at radius 1 is 1.41 bits per heavy atom. The number of fused-ring (bicyclic) bond motifs is 3. The predicted molar refractivity (Wildman–Crippen MR) is 66.8 cm³/mol. The van der Waals surface area contributed by atoms with E-state index in [1.165, 1.54) is 11.3 Å². The first-order valence-electron chi connectivity index (χ1n) is 6.16. The van der Waals surface area contributed by atoms with E-state index in [0.29, 0.717) is 0 Å². The van der Waals surface area contributed by atoms with Crippen LogP contribution in [0.1, 0.15) is 24.6 Å². The summed E-state index contributed by atoms with van der Waals surface area (Å²) in [6, 6.07) is 6.43. The molecule has 1 aliphatic rings. The molecule has 0 bridgehead atoms.